The van der Waals surface area contributed by atoms with Crippen molar-refractivity contribution in [3.8, 4) is 5.75 Å². The van der Waals surface area contributed by atoms with E-state index in [-0.39, 0.29) is 56.9 Å². The van der Waals surface area contributed by atoms with Gasteiger partial charge >= 0.3 is 58.4 Å². The third kappa shape index (κ3) is 5.08. The molecule has 1 aromatic carbocycles. The van der Waals surface area contributed by atoms with Gasteiger partial charge in [-0.15, -0.1) is 5.46 Å². The molecule has 1 aliphatic carbocycles. The van der Waals surface area contributed by atoms with Crippen molar-refractivity contribution < 1.29 is 69.1 Å². The van der Waals surface area contributed by atoms with Gasteiger partial charge in [0, 0.05) is 0 Å². The van der Waals surface area contributed by atoms with Crippen LogP contribution in [-0.2, 0) is 0 Å². The first-order valence-electron chi connectivity index (χ1n) is 6.40. The molecule has 0 spiro atoms. The summed E-state index contributed by atoms with van der Waals surface area (Å²) in [6.45, 7) is -2.82. The molecule has 0 atom stereocenters. The molecule has 0 radical (unpaired) electrons. The number of hydrogen-bond donors (Lipinski definition) is 0. The molecule has 19 heavy (non-hydrogen) atoms. The molecule has 0 saturated heterocycles. The van der Waals surface area contributed by atoms with Crippen molar-refractivity contribution in [3.05, 3.63) is 23.8 Å². The van der Waals surface area contributed by atoms with Crippen LogP contribution in [0.3, 0.4) is 0 Å². The predicted octanol–water partition coefficient (Wildman–Crippen LogP) is 0.622. The minimum Gasteiger partial charge on any atom is -0.493 e. The molecule has 100 valence electrons. The van der Waals surface area contributed by atoms with Crippen molar-refractivity contribution >= 4 is 12.4 Å². The van der Waals surface area contributed by atoms with Crippen molar-refractivity contribution in [2.75, 3.05) is 6.61 Å². The van der Waals surface area contributed by atoms with E-state index in [9.17, 15) is 12.9 Å². The number of aryl methyl sites for hydroxylation is 1. The van der Waals surface area contributed by atoms with Gasteiger partial charge in [0.25, 0.3) is 0 Å². The van der Waals surface area contributed by atoms with E-state index in [0.29, 0.717) is 18.3 Å². The first kappa shape index (κ1) is 17.6. The first-order valence-corrected chi connectivity index (χ1v) is 6.40. The van der Waals surface area contributed by atoms with Crippen molar-refractivity contribution in [1.29, 1.82) is 0 Å². The third-order valence-electron chi connectivity index (χ3n) is 3.55. The Morgan fingerprint density at radius 1 is 1.21 bits per heavy atom. The average Bonchev–Trinajstić information content (AvgIpc) is 2.77. The number of benzene rings is 1. The van der Waals surface area contributed by atoms with E-state index in [1.165, 1.54) is 44.7 Å². The van der Waals surface area contributed by atoms with E-state index < -0.39 is 12.4 Å². The number of halogens is 3. The smallest absolute Gasteiger partial charge is 0.493 e. The van der Waals surface area contributed by atoms with Gasteiger partial charge in [-0.05, 0) is 37.8 Å². The minimum absolute atomic E-state index is 0. The Hall–Kier alpha value is 0.511. The molecule has 1 aliphatic rings. The maximum atomic E-state index is 12.6. The summed E-state index contributed by atoms with van der Waals surface area (Å²) < 4.78 is 43.5. The largest absolute Gasteiger partial charge is 1.00 e. The van der Waals surface area contributed by atoms with Crippen LogP contribution in [0, 0.1) is 12.8 Å². The fourth-order valence-corrected chi connectivity index (χ4v) is 2.50. The van der Waals surface area contributed by atoms with Gasteiger partial charge in [-0.2, -0.15) is 0 Å². The Morgan fingerprint density at radius 3 is 2.37 bits per heavy atom. The number of hydrogen-bond acceptors (Lipinski definition) is 1. The van der Waals surface area contributed by atoms with E-state index in [2.05, 4.69) is 0 Å². The molecular weight excluding hydrogens is 279 g/mol. The molecule has 6 heteroatoms. The molecule has 0 heterocycles. The van der Waals surface area contributed by atoms with Gasteiger partial charge in [-0.1, -0.05) is 24.5 Å². The molecule has 1 aromatic rings. The molecule has 0 aliphatic heterocycles. The summed E-state index contributed by atoms with van der Waals surface area (Å²) in [5.74, 6) is 1.11. The molecular formula is C13H17BF3KO. The zero-order valence-electron chi connectivity index (χ0n) is 11.5. The third-order valence-corrected chi connectivity index (χ3v) is 3.55. The molecule has 0 unspecified atom stereocenters. The summed E-state index contributed by atoms with van der Waals surface area (Å²) in [6, 6.07) is 4.03. The fraction of sp³-hybridized carbons (Fsp3) is 0.538. The van der Waals surface area contributed by atoms with Gasteiger partial charge in [0.1, 0.15) is 5.75 Å². The van der Waals surface area contributed by atoms with Crippen LogP contribution in [0.4, 0.5) is 12.9 Å². The van der Waals surface area contributed by atoms with Crippen molar-refractivity contribution in [3.63, 3.8) is 0 Å². The molecule has 1 fully saturated rings. The van der Waals surface area contributed by atoms with Crippen LogP contribution in [0.15, 0.2) is 18.2 Å². The van der Waals surface area contributed by atoms with Crippen LogP contribution in [0.5, 0.6) is 5.75 Å². The maximum Gasteiger partial charge on any atom is 1.00 e. The standard InChI is InChI=1S/C13H17BF3O.K/c1-10-8-12(6-7-13(10)14(15,16)17)18-9-11-4-2-3-5-11;/h6-8,11H,2-5,9H2,1H3;/q-1;+1. The predicted molar refractivity (Wildman–Crippen MR) is 67.3 cm³/mol. The Kier molecular flexibility index (Phi) is 6.93. The average molecular weight is 296 g/mol. The van der Waals surface area contributed by atoms with E-state index in [4.69, 9.17) is 4.74 Å². The van der Waals surface area contributed by atoms with Crippen LogP contribution in [0.25, 0.3) is 0 Å². The van der Waals surface area contributed by atoms with Gasteiger partial charge in [-0.25, -0.2) is 0 Å². The fourth-order valence-electron chi connectivity index (χ4n) is 2.50. The van der Waals surface area contributed by atoms with Gasteiger partial charge in [0.15, 0.2) is 0 Å². The summed E-state index contributed by atoms with van der Waals surface area (Å²) in [4.78, 5) is 0. The molecule has 1 nitrogen and oxygen atoms in total. The molecule has 0 N–H and O–H groups in total. The second-order valence-electron chi connectivity index (χ2n) is 5.05. The van der Waals surface area contributed by atoms with Gasteiger partial charge in [0.2, 0.25) is 0 Å². The summed E-state index contributed by atoms with van der Waals surface area (Å²) in [5, 5.41) is 0. The Labute approximate surface area is 154 Å². The SMILES string of the molecule is Cc1cc(OCC2CCCC2)ccc1[B-](F)(F)F.[K+]. The normalized spacial score (nSPS) is 16.2. The van der Waals surface area contributed by atoms with Gasteiger partial charge in [-0.3, -0.25) is 0 Å². The van der Waals surface area contributed by atoms with E-state index in [0.717, 1.165) is 6.07 Å². The first-order chi connectivity index (χ1) is 8.47. The molecule has 0 amide bonds. The van der Waals surface area contributed by atoms with E-state index >= 15 is 0 Å². The summed E-state index contributed by atoms with van der Waals surface area (Å²) in [6.07, 6.45) is 4.82. The Morgan fingerprint density at radius 2 is 1.84 bits per heavy atom. The summed E-state index contributed by atoms with van der Waals surface area (Å²) in [7, 11) is 0. The number of rotatable bonds is 4. The van der Waals surface area contributed by atoms with Crippen molar-refractivity contribution in [1.82, 2.24) is 0 Å². The molecule has 1 saturated carbocycles. The monoisotopic (exact) mass is 296 g/mol. The zero-order valence-corrected chi connectivity index (χ0v) is 14.6. The number of ether oxygens (including phenoxy) is 1. The van der Waals surface area contributed by atoms with E-state index in [1.807, 2.05) is 0 Å². The zero-order chi connectivity index (χ0) is 13.2. The second-order valence-corrected chi connectivity index (χ2v) is 5.05. The van der Waals surface area contributed by atoms with Crippen LogP contribution in [0.2, 0.25) is 0 Å². The quantitative estimate of drug-likeness (QED) is 0.740. The van der Waals surface area contributed by atoms with E-state index in [1.54, 1.807) is 0 Å². The van der Waals surface area contributed by atoms with Crippen LogP contribution >= 0.6 is 0 Å². The second kappa shape index (κ2) is 7.50. The summed E-state index contributed by atoms with van der Waals surface area (Å²) >= 11 is 0. The van der Waals surface area contributed by atoms with Crippen LogP contribution in [-0.4, -0.2) is 13.6 Å². The molecule has 2 rings (SSSR count). The minimum atomic E-state index is -4.92. The maximum absolute atomic E-state index is 12.6. The van der Waals surface area contributed by atoms with Gasteiger partial charge < -0.3 is 17.7 Å². The summed E-state index contributed by atoms with van der Waals surface area (Å²) in [5.41, 5.74) is -0.283. The topological polar surface area (TPSA) is 9.23 Å². The van der Waals surface area contributed by atoms with Crippen LogP contribution in [0.1, 0.15) is 31.2 Å². The van der Waals surface area contributed by atoms with Crippen molar-refractivity contribution in [2.45, 2.75) is 32.6 Å². The van der Waals surface area contributed by atoms with Gasteiger partial charge in [0.05, 0.1) is 6.61 Å². The molecule has 0 bridgehead atoms. The van der Waals surface area contributed by atoms with Crippen LogP contribution < -0.4 is 61.6 Å². The van der Waals surface area contributed by atoms with Crippen molar-refractivity contribution in [2.24, 2.45) is 5.92 Å². The Balaban J connectivity index is 0.00000180. The molecule has 0 aromatic heterocycles. The Bertz CT molecular complexity index is 417.